The molecule has 1 aromatic heterocycles. The molecule has 1 N–H and O–H groups in total. The number of rotatable bonds is 2. The van der Waals surface area contributed by atoms with Gasteiger partial charge in [0.25, 0.3) is 0 Å². The van der Waals surface area contributed by atoms with Crippen LogP contribution in [-0.4, -0.2) is 23.2 Å². The van der Waals surface area contributed by atoms with E-state index in [0.29, 0.717) is 16.3 Å². The van der Waals surface area contributed by atoms with Crippen molar-refractivity contribution in [1.29, 1.82) is 0 Å². The molecule has 0 spiro atoms. The van der Waals surface area contributed by atoms with Crippen LogP contribution in [0.25, 0.3) is 11.3 Å². The molecule has 6 heteroatoms. The second-order valence-electron chi connectivity index (χ2n) is 3.68. The lowest BCUT2D eigenvalue weighted by Gasteiger charge is -2.07. The van der Waals surface area contributed by atoms with Gasteiger partial charge in [-0.15, -0.1) is 0 Å². The number of carbonyl (C=O) groups excluding carboxylic acids is 1. The summed E-state index contributed by atoms with van der Waals surface area (Å²) in [5.74, 6) is -0.572. The fraction of sp³-hybridized carbons (Fsp3) is 0.0769. The maximum absolute atomic E-state index is 11.5. The molecule has 1 heterocycles. The number of phenolic OH excluding ortho intramolecular Hbond substituents is 1. The van der Waals surface area contributed by atoms with E-state index >= 15 is 0 Å². The molecule has 0 fully saturated rings. The predicted molar refractivity (Wildman–Crippen MR) is 72.7 cm³/mol. The van der Waals surface area contributed by atoms with Crippen LogP contribution in [-0.2, 0) is 4.74 Å². The number of methoxy groups -OCH3 is 1. The highest BCUT2D eigenvalue weighted by Gasteiger charge is 2.15. The number of aromatic hydroxyl groups is 1. The molecule has 0 radical (unpaired) electrons. The zero-order chi connectivity index (χ0) is 14.0. The van der Waals surface area contributed by atoms with Gasteiger partial charge in [0.2, 0.25) is 0 Å². The van der Waals surface area contributed by atoms with Gasteiger partial charge in [0.05, 0.1) is 22.8 Å². The molecule has 1 aromatic carbocycles. The highest BCUT2D eigenvalue weighted by molar-refractivity contribution is 6.34. The van der Waals surface area contributed by atoms with E-state index in [0.717, 1.165) is 0 Å². The molecule has 2 aromatic rings. The van der Waals surface area contributed by atoms with Crippen molar-refractivity contribution in [2.45, 2.75) is 0 Å². The highest BCUT2D eigenvalue weighted by atomic mass is 35.5. The van der Waals surface area contributed by atoms with Crippen LogP contribution in [0.15, 0.2) is 30.3 Å². The summed E-state index contributed by atoms with van der Waals surface area (Å²) in [4.78, 5) is 15.6. The number of halogens is 2. The monoisotopic (exact) mass is 297 g/mol. The topological polar surface area (TPSA) is 59.4 Å². The van der Waals surface area contributed by atoms with Gasteiger partial charge in [0, 0.05) is 5.56 Å². The molecule has 2 rings (SSSR count). The molecule has 4 nitrogen and oxygen atoms in total. The number of ether oxygens (including phenoxy) is 1. The Kier molecular flexibility index (Phi) is 3.93. The van der Waals surface area contributed by atoms with E-state index in [2.05, 4.69) is 9.72 Å². The minimum absolute atomic E-state index is 0.0193. The molecule has 0 amide bonds. The Morgan fingerprint density at radius 2 is 1.95 bits per heavy atom. The minimum atomic E-state index is -0.623. The van der Waals surface area contributed by atoms with E-state index in [4.69, 9.17) is 23.2 Å². The zero-order valence-electron chi connectivity index (χ0n) is 9.85. The quantitative estimate of drug-likeness (QED) is 0.861. The maximum atomic E-state index is 11.5. The molecule has 19 heavy (non-hydrogen) atoms. The van der Waals surface area contributed by atoms with Gasteiger partial charge in [-0.25, -0.2) is 9.78 Å². The highest BCUT2D eigenvalue weighted by Crippen LogP contribution is 2.30. The molecule has 98 valence electrons. The number of aromatic nitrogens is 1. The number of esters is 1. The van der Waals surface area contributed by atoms with Crippen LogP contribution in [0.2, 0.25) is 10.0 Å². The normalized spacial score (nSPS) is 10.3. The van der Waals surface area contributed by atoms with Crippen LogP contribution in [0.1, 0.15) is 10.5 Å². The molecule has 0 bridgehead atoms. The number of pyridine rings is 1. The Morgan fingerprint density at radius 3 is 2.58 bits per heavy atom. The molecule has 0 unspecified atom stereocenters. The molecule has 0 aliphatic heterocycles. The number of hydrogen-bond donors (Lipinski definition) is 1. The van der Waals surface area contributed by atoms with Crippen molar-refractivity contribution in [2.24, 2.45) is 0 Å². The average Bonchev–Trinajstić information content (AvgIpc) is 2.39. The Labute approximate surface area is 119 Å². The average molecular weight is 298 g/mol. The SMILES string of the molecule is COC(=O)c1nc(-c2ccc(O)cc2Cl)ccc1Cl. The van der Waals surface area contributed by atoms with Crippen molar-refractivity contribution >= 4 is 29.2 Å². The van der Waals surface area contributed by atoms with Gasteiger partial charge in [0.1, 0.15) is 5.75 Å². The third-order valence-corrected chi connectivity index (χ3v) is 3.07. The number of benzene rings is 1. The first-order valence-electron chi connectivity index (χ1n) is 5.26. The van der Waals surface area contributed by atoms with Crippen molar-refractivity contribution in [3.8, 4) is 17.0 Å². The van der Waals surface area contributed by atoms with E-state index in [9.17, 15) is 9.90 Å². The van der Waals surface area contributed by atoms with E-state index in [1.54, 1.807) is 18.2 Å². The van der Waals surface area contributed by atoms with E-state index < -0.39 is 5.97 Å². The van der Waals surface area contributed by atoms with E-state index in [1.165, 1.54) is 19.2 Å². The lowest BCUT2D eigenvalue weighted by Crippen LogP contribution is -2.05. The number of hydrogen-bond acceptors (Lipinski definition) is 4. The van der Waals surface area contributed by atoms with Gasteiger partial charge in [-0.1, -0.05) is 23.2 Å². The second-order valence-corrected chi connectivity index (χ2v) is 4.50. The first-order valence-corrected chi connectivity index (χ1v) is 6.02. The Bertz CT molecular complexity index is 644. The van der Waals surface area contributed by atoms with Gasteiger partial charge in [-0.3, -0.25) is 0 Å². The van der Waals surface area contributed by atoms with Crippen LogP contribution in [0.5, 0.6) is 5.75 Å². The summed E-state index contributed by atoms with van der Waals surface area (Å²) in [6, 6.07) is 7.65. The van der Waals surface area contributed by atoms with Crippen molar-refractivity contribution in [3.63, 3.8) is 0 Å². The van der Waals surface area contributed by atoms with Crippen molar-refractivity contribution in [2.75, 3.05) is 7.11 Å². The molecular weight excluding hydrogens is 289 g/mol. The Hall–Kier alpha value is -1.78. The summed E-state index contributed by atoms with van der Waals surface area (Å²) in [5.41, 5.74) is 1.07. The maximum Gasteiger partial charge on any atom is 0.358 e. The van der Waals surface area contributed by atoms with Crippen molar-refractivity contribution in [3.05, 3.63) is 46.1 Å². The summed E-state index contributed by atoms with van der Waals surface area (Å²) in [6.45, 7) is 0. The van der Waals surface area contributed by atoms with Crippen LogP contribution in [0.4, 0.5) is 0 Å². The minimum Gasteiger partial charge on any atom is -0.508 e. The Balaban J connectivity index is 2.54. The van der Waals surface area contributed by atoms with Gasteiger partial charge < -0.3 is 9.84 Å². The summed E-state index contributed by atoms with van der Waals surface area (Å²) >= 11 is 11.9. The lowest BCUT2D eigenvalue weighted by atomic mass is 10.1. The first-order chi connectivity index (χ1) is 9.02. The molecular formula is C13H9Cl2NO3. The van der Waals surface area contributed by atoms with Gasteiger partial charge in [-0.05, 0) is 30.3 Å². The molecule has 0 aliphatic rings. The molecule has 0 aliphatic carbocycles. The van der Waals surface area contributed by atoms with E-state index in [1.807, 2.05) is 0 Å². The molecule has 0 atom stereocenters. The fourth-order valence-electron chi connectivity index (χ4n) is 1.54. The second kappa shape index (κ2) is 5.47. The summed E-state index contributed by atoms with van der Waals surface area (Å²) in [5, 5.41) is 9.83. The smallest absolute Gasteiger partial charge is 0.358 e. The first kappa shape index (κ1) is 13.6. The number of nitrogens with zero attached hydrogens (tertiary/aromatic N) is 1. The zero-order valence-corrected chi connectivity index (χ0v) is 11.4. The fourth-order valence-corrected chi connectivity index (χ4v) is 2.00. The number of phenols is 1. The largest absolute Gasteiger partial charge is 0.508 e. The molecule has 0 saturated carbocycles. The van der Waals surface area contributed by atoms with Crippen LogP contribution < -0.4 is 0 Å². The predicted octanol–water partition coefficient (Wildman–Crippen LogP) is 3.55. The molecule has 0 saturated heterocycles. The summed E-state index contributed by atoms with van der Waals surface area (Å²) < 4.78 is 4.60. The summed E-state index contributed by atoms with van der Waals surface area (Å²) in [7, 11) is 1.25. The third kappa shape index (κ3) is 2.80. The van der Waals surface area contributed by atoms with Crippen molar-refractivity contribution in [1.82, 2.24) is 4.98 Å². The van der Waals surface area contributed by atoms with Gasteiger partial charge in [0.15, 0.2) is 5.69 Å². The standard InChI is InChI=1S/C13H9Cl2NO3/c1-19-13(18)12-9(14)4-5-11(16-12)8-3-2-7(17)6-10(8)15/h2-6,17H,1H3. The lowest BCUT2D eigenvalue weighted by molar-refractivity contribution is 0.0594. The van der Waals surface area contributed by atoms with Gasteiger partial charge >= 0.3 is 5.97 Å². The van der Waals surface area contributed by atoms with Gasteiger partial charge in [-0.2, -0.15) is 0 Å². The third-order valence-electron chi connectivity index (χ3n) is 2.45. The Morgan fingerprint density at radius 1 is 1.21 bits per heavy atom. The van der Waals surface area contributed by atoms with Crippen LogP contribution in [0.3, 0.4) is 0 Å². The van der Waals surface area contributed by atoms with Crippen LogP contribution in [0, 0.1) is 0 Å². The van der Waals surface area contributed by atoms with Crippen molar-refractivity contribution < 1.29 is 14.6 Å². The van der Waals surface area contributed by atoms with E-state index in [-0.39, 0.29) is 16.5 Å². The van der Waals surface area contributed by atoms with Crippen LogP contribution >= 0.6 is 23.2 Å². The number of carbonyl (C=O) groups is 1. The summed E-state index contributed by atoms with van der Waals surface area (Å²) in [6.07, 6.45) is 0.